The third-order valence-electron chi connectivity index (χ3n) is 3.54. The van der Waals surface area contributed by atoms with Crippen LogP contribution in [0.2, 0.25) is 0 Å². The molecule has 1 unspecified atom stereocenters. The summed E-state index contributed by atoms with van der Waals surface area (Å²) in [5.41, 5.74) is 1.26. The second-order valence-corrected chi connectivity index (χ2v) is 5.47. The normalized spacial score (nSPS) is 16.2. The number of carbonyl (C=O) groups is 2. The lowest BCUT2D eigenvalue weighted by Gasteiger charge is -2.36. The van der Waals surface area contributed by atoms with Crippen LogP contribution in [0.5, 0.6) is 0 Å². The molecule has 0 aliphatic carbocycles. The van der Waals surface area contributed by atoms with Gasteiger partial charge in [0.25, 0.3) is 0 Å². The number of piperazine rings is 1. The van der Waals surface area contributed by atoms with Gasteiger partial charge in [0.05, 0.1) is 12.7 Å². The number of aliphatic hydroxyl groups is 2. The number of aliphatic hydroxyl groups excluding tert-OH is 2. The van der Waals surface area contributed by atoms with E-state index in [0.29, 0.717) is 18.7 Å². The Hall–Kier alpha value is -2.42. The highest BCUT2D eigenvalue weighted by Gasteiger charge is 2.18. The minimum atomic E-state index is -1.26. The zero-order valence-electron chi connectivity index (χ0n) is 13.9. The number of rotatable bonds is 6. The molecule has 0 spiro atoms. The van der Waals surface area contributed by atoms with Crippen molar-refractivity contribution in [2.24, 2.45) is 0 Å². The molecule has 25 heavy (non-hydrogen) atoms. The molecule has 0 aromatic heterocycles. The molecule has 4 N–H and O–H groups in total. The first-order valence-electron chi connectivity index (χ1n) is 7.87. The first-order valence-corrected chi connectivity index (χ1v) is 7.87. The van der Waals surface area contributed by atoms with Crippen molar-refractivity contribution >= 4 is 17.6 Å². The van der Waals surface area contributed by atoms with E-state index in [1.807, 2.05) is 6.07 Å². The van der Waals surface area contributed by atoms with Gasteiger partial charge in [-0.15, -0.1) is 0 Å². The van der Waals surface area contributed by atoms with Gasteiger partial charge in [0, 0.05) is 50.6 Å². The van der Waals surface area contributed by atoms with E-state index in [9.17, 15) is 14.7 Å². The van der Waals surface area contributed by atoms with Gasteiger partial charge in [0.15, 0.2) is 0 Å². The molecule has 1 fully saturated rings. The predicted octanol–water partition coefficient (Wildman–Crippen LogP) is -0.126. The van der Waals surface area contributed by atoms with Crippen molar-refractivity contribution in [2.75, 3.05) is 44.2 Å². The van der Waals surface area contributed by atoms with E-state index in [1.54, 1.807) is 0 Å². The Morgan fingerprint density at radius 2 is 1.52 bits per heavy atom. The molecule has 138 valence electrons. The van der Waals surface area contributed by atoms with Crippen molar-refractivity contribution in [1.82, 2.24) is 4.90 Å². The number of carboxylic acids is 2. The quantitative estimate of drug-likeness (QED) is 0.523. The van der Waals surface area contributed by atoms with Gasteiger partial charge in [-0.2, -0.15) is 0 Å². The fraction of sp³-hybridized carbons (Fsp3) is 0.412. The van der Waals surface area contributed by atoms with Crippen LogP contribution < -0.4 is 4.90 Å². The van der Waals surface area contributed by atoms with E-state index in [-0.39, 0.29) is 6.61 Å². The Balaban J connectivity index is 0.000000333. The van der Waals surface area contributed by atoms with Crippen LogP contribution in [0.3, 0.4) is 0 Å². The number of hydrogen-bond acceptors (Lipinski definition) is 6. The van der Waals surface area contributed by atoms with E-state index < -0.39 is 18.0 Å². The smallest absolute Gasteiger partial charge is 0.328 e. The topological polar surface area (TPSA) is 122 Å². The Morgan fingerprint density at radius 1 is 1.00 bits per heavy atom. The fourth-order valence-electron chi connectivity index (χ4n) is 2.33. The first kappa shape index (κ1) is 20.6. The Labute approximate surface area is 146 Å². The standard InChI is InChI=1S/C13H20N2O2.C4H4O4/c16-11-13(17)10-14-6-8-15(9-7-14)12-4-2-1-3-5-12;5-3(6)1-2-4(7)8/h1-5,13,16-17H,6-11H2;1-2H,(H,5,6)(H,7,8). The zero-order valence-corrected chi connectivity index (χ0v) is 13.9. The van der Waals surface area contributed by atoms with Gasteiger partial charge in [0.1, 0.15) is 0 Å². The van der Waals surface area contributed by atoms with E-state index in [2.05, 4.69) is 34.1 Å². The van der Waals surface area contributed by atoms with E-state index in [1.165, 1.54) is 5.69 Å². The molecule has 1 atom stereocenters. The summed E-state index contributed by atoms with van der Waals surface area (Å²) in [5, 5.41) is 33.8. The van der Waals surface area contributed by atoms with E-state index >= 15 is 0 Å². The number of hydrogen-bond donors (Lipinski definition) is 4. The van der Waals surface area contributed by atoms with Crippen molar-refractivity contribution in [3.63, 3.8) is 0 Å². The molecule has 8 nitrogen and oxygen atoms in total. The van der Waals surface area contributed by atoms with Gasteiger partial charge in [-0.1, -0.05) is 18.2 Å². The van der Waals surface area contributed by atoms with Gasteiger partial charge in [-0.3, -0.25) is 4.90 Å². The number of para-hydroxylation sites is 1. The molecule has 1 aromatic rings. The van der Waals surface area contributed by atoms with Crippen LogP contribution in [0.4, 0.5) is 5.69 Å². The highest BCUT2D eigenvalue weighted by Crippen LogP contribution is 2.15. The average Bonchev–Trinajstić information content (AvgIpc) is 2.62. The highest BCUT2D eigenvalue weighted by molar-refractivity contribution is 5.89. The fourth-order valence-corrected chi connectivity index (χ4v) is 2.33. The summed E-state index contributed by atoms with van der Waals surface area (Å²) < 4.78 is 0. The first-order chi connectivity index (χ1) is 11.9. The number of benzene rings is 1. The lowest BCUT2D eigenvalue weighted by molar-refractivity contribution is -0.134. The van der Waals surface area contributed by atoms with Gasteiger partial charge < -0.3 is 25.3 Å². The highest BCUT2D eigenvalue weighted by atomic mass is 16.4. The lowest BCUT2D eigenvalue weighted by atomic mass is 10.2. The Morgan fingerprint density at radius 3 is 1.96 bits per heavy atom. The van der Waals surface area contributed by atoms with Crippen LogP contribution in [-0.4, -0.2) is 82.7 Å². The number of anilines is 1. The summed E-state index contributed by atoms with van der Waals surface area (Å²) in [4.78, 5) is 23.7. The maximum absolute atomic E-state index is 9.55. The summed E-state index contributed by atoms with van der Waals surface area (Å²) >= 11 is 0. The molecule has 2 rings (SSSR count). The molecular formula is C17H24N2O6. The van der Waals surface area contributed by atoms with Crippen LogP contribution in [0.15, 0.2) is 42.5 Å². The van der Waals surface area contributed by atoms with Crippen molar-refractivity contribution in [1.29, 1.82) is 0 Å². The summed E-state index contributed by atoms with van der Waals surface area (Å²) in [5.74, 6) is -2.51. The molecule has 0 radical (unpaired) electrons. The Bertz CT molecular complexity index is 540. The predicted molar refractivity (Wildman–Crippen MR) is 92.6 cm³/mol. The van der Waals surface area contributed by atoms with E-state index in [0.717, 1.165) is 26.2 Å². The van der Waals surface area contributed by atoms with Gasteiger partial charge in [-0.25, -0.2) is 9.59 Å². The summed E-state index contributed by atoms with van der Waals surface area (Å²) in [7, 11) is 0. The molecule has 1 aliphatic heterocycles. The molecule has 1 heterocycles. The maximum Gasteiger partial charge on any atom is 0.328 e. The van der Waals surface area contributed by atoms with Gasteiger partial charge in [-0.05, 0) is 12.1 Å². The van der Waals surface area contributed by atoms with Crippen LogP contribution in [0.25, 0.3) is 0 Å². The molecule has 8 heteroatoms. The van der Waals surface area contributed by atoms with Crippen LogP contribution in [0.1, 0.15) is 0 Å². The number of β-amino-alcohol motifs (C(OH)–C–C–N with tert-alkyl or cyclic N) is 1. The second kappa shape index (κ2) is 11.2. The van der Waals surface area contributed by atoms with Crippen molar-refractivity contribution in [2.45, 2.75) is 6.10 Å². The molecule has 0 saturated carbocycles. The summed E-state index contributed by atoms with van der Waals surface area (Å²) in [6.07, 6.45) is 0.503. The van der Waals surface area contributed by atoms with Crippen LogP contribution in [0, 0.1) is 0 Å². The van der Waals surface area contributed by atoms with Crippen LogP contribution >= 0.6 is 0 Å². The SMILES string of the molecule is O=C(O)C=CC(=O)O.OCC(O)CN1CCN(c2ccccc2)CC1. The number of carboxylic acid groups (broad SMARTS) is 2. The minimum Gasteiger partial charge on any atom is -0.478 e. The molecule has 1 aromatic carbocycles. The zero-order chi connectivity index (χ0) is 18.7. The number of nitrogens with zero attached hydrogens (tertiary/aromatic N) is 2. The van der Waals surface area contributed by atoms with Crippen molar-refractivity contribution in [3.8, 4) is 0 Å². The van der Waals surface area contributed by atoms with Crippen molar-refractivity contribution in [3.05, 3.63) is 42.5 Å². The molecule has 0 amide bonds. The largest absolute Gasteiger partial charge is 0.478 e. The molecule has 1 saturated heterocycles. The van der Waals surface area contributed by atoms with Crippen molar-refractivity contribution < 1.29 is 30.0 Å². The monoisotopic (exact) mass is 352 g/mol. The summed E-state index contributed by atoms with van der Waals surface area (Å²) in [6.45, 7) is 4.24. The molecule has 1 aliphatic rings. The van der Waals surface area contributed by atoms with Gasteiger partial charge >= 0.3 is 11.9 Å². The molecule has 0 bridgehead atoms. The third-order valence-corrected chi connectivity index (χ3v) is 3.54. The lowest BCUT2D eigenvalue weighted by Crippen LogP contribution is -2.49. The third kappa shape index (κ3) is 8.85. The van der Waals surface area contributed by atoms with E-state index in [4.69, 9.17) is 15.3 Å². The second-order valence-electron chi connectivity index (χ2n) is 5.47. The Kier molecular flexibility index (Phi) is 9.23. The summed E-state index contributed by atoms with van der Waals surface area (Å²) in [6, 6.07) is 10.4. The minimum absolute atomic E-state index is 0.154. The number of aliphatic carboxylic acids is 2. The molecular weight excluding hydrogens is 328 g/mol. The van der Waals surface area contributed by atoms with Crippen LogP contribution in [-0.2, 0) is 9.59 Å². The van der Waals surface area contributed by atoms with Gasteiger partial charge in [0.2, 0.25) is 0 Å². The maximum atomic E-state index is 9.55. The average molecular weight is 352 g/mol.